The van der Waals surface area contributed by atoms with Crippen LogP contribution in [0.15, 0.2) is 18.2 Å². The van der Waals surface area contributed by atoms with Gasteiger partial charge in [0.15, 0.2) is 0 Å². The standard InChI is InChI=1S/C12H17FN2O2/c1-7(8(2)14)12(16)15-11-6-9(17-3)4-5-10(11)13/h4-8H,14H2,1-3H3,(H,15,16). The van der Waals surface area contributed by atoms with Gasteiger partial charge in [0.25, 0.3) is 0 Å². The molecule has 0 saturated heterocycles. The topological polar surface area (TPSA) is 64.3 Å². The number of benzene rings is 1. The second-order valence-electron chi connectivity index (χ2n) is 3.98. The SMILES string of the molecule is COc1ccc(F)c(NC(=O)C(C)C(C)N)c1. The van der Waals surface area contributed by atoms with Gasteiger partial charge in [-0.25, -0.2) is 4.39 Å². The Kier molecular flexibility index (Phi) is 4.45. The van der Waals surface area contributed by atoms with Crippen LogP contribution in [-0.4, -0.2) is 19.1 Å². The van der Waals surface area contributed by atoms with E-state index in [2.05, 4.69) is 5.32 Å². The zero-order valence-corrected chi connectivity index (χ0v) is 10.2. The first-order chi connectivity index (χ1) is 7.95. The van der Waals surface area contributed by atoms with Gasteiger partial charge >= 0.3 is 0 Å². The lowest BCUT2D eigenvalue weighted by Gasteiger charge is -2.16. The molecule has 0 radical (unpaired) electrons. The molecule has 5 heteroatoms. The van der Waals surface area contributed by atoms with Crippen LogP contribution in [-0.2, 0) is 4.79 Å². The van der Waals surface area contributed by atoms with Crippen LogP contribution in [0.3, 0.4) is 0 Å². The molecule has 0 aliphatic rings. The number of hydrogen-bond acceptors (Lipinski definition) is 3. The second kappa shape index (κ2) is 5.63. The molecule has 0 spiro atoms. The third-order valence-corrected chi connectivity index (χ3v) is 2.63. The first-order valence-electron chi connectivity index (χ1n) is 5.35. The molecule has 0 aliphatic carbocycles. The van der Waals surface area contributed by atoms with E-state index < -0.39 is 5.82 Å². The number of amides is 1. The summed E-state index contributed by atoms with van der Waals surface area (Å²) in [7, 11) is 1.48. The van der Waals surface area contributed by atoms with Crippen LogP contribution >= 0.6 is 0 Å². The van der Waals surface area contributed by atoms with E-state index in [-0.39, 0.29) is 23.6 Å². The van der Waals surface area contributed by atoms with Crippen LogP contribution < -0.4 is 15.8 Å². The molecule has 0 fully saturated rings. The van der Waals surface area contributed by atoms with Crippen LogP contribution in [0.2, 0.25) is 0 Å². The predicted octanol–water partition coefficient (Wildman–Crippen LogP) is 1.76. The van der Waals surface area contributed by atoms with Crippen LogP contribution in [0, 0.1) is 11.7 Å². The Morgan fingerprint density at radius 1 is 1.47 bits per heavy atom. The fraction of sp³-hybridized carbons (Fsp3) is 0.417. The van der Waals surface area contributed by atoms with Crippen molar-refractivity contribution in [3.8, 4) is 5.75 Å². The number of carbonyl (C=O) groups excluding carboxylic acids is 1. The fourth-order valence-electron chi connectivity index (χ4n) is 1.21. The average Bonchev–Trinajstić information content (AvgIpc) is 2.30. The van der Waals surface area contributed by atoms with Gasteiger partial charge in [-0.05, 0) is 19.1 Å². The van der Waals surface area contributed by atoms with Crippen molar-refractivity contribution < 1.29 is 13.9 Å². The van der Waals surface area contributed by atoms with Crippen molar-refractivity contribution in [3.05, 3.63) is 24.0 Å². The minimum absolute atomic E-state index is 0.0989. The number of methoxy groups -OCH3 is 1. The second-order valence-corrected chi connectivity index (χ2v) is 3.98. The van der Waals surface area contributed by atoms with Crippen molar-refractivity contribution in [2.24, 2.45) is 11.7 Å². The van der Waals surface area contributed by atoms with Gasteiger partial charge in [0.2, 0.25) is 5.91 Å². The van der Waals surface area contributed by atoms with Crippen molar-refractivity contribution in [1.82, 2.24) is 0 Å². The van der Waals surface area contributed by atoms with Gasteiger partial charge in [0, 0.05) is 12.1 Å². The van der Waals surface area contributed by atoms with E-state index in [4.69, 9.17) is 10.5 Å². The van der Waals surface area contributed by atoms with Gasteiger partial charge in [-0.3, -0.25) is 4.79 Å². The number of nitrogens with two attached hydrogens (primary N) is 1. The molecule has 2 atom stereocenters. The molecule has 0 saturated carbocycles. The van der Waals surface area contributed by atoms with Crippen LogP contribution in [0.1, 0.15) is 13.8 Å². The van der Waals surface area contributed by atoms with Crippen molar-refractivity contribution in [2.75, 3.05) is 12.4 Å². The molecule has 0 heterocycles. The molecule has 0 bridgehead atoms. The first kappa shape index (κ1) is 13.4. The third-order valence-electron chi connectivity index (χ3n) is 2.63. The Hall–Kier alpha value is -1.62. The summed E-state index contributed by atoms with van der Waals surface area (Å²) in [4.78, 5) is 11.7. The molecular weight excluding hydrogens is 223 g/mol. The number of anilines is 1. The van der Waals surface area contributed by atoms with E-state index in [1.807, 2.05) is 0 Å². The highest BCUT2D eigenvalue weighted by atomic mass is 19.1. The average molecular weight is 240 g/mol. The highest BCUT2D eigenvalue weighted by Crippen LogP contribution is 2.21. The van der Waals surface area contributed by atoms with E-state index in [1.165, 1.54) is 25.3 Å². The van der Waals surface area contributed by atoms with Gasteiger partial charge in [0.1, 0.15) is 11.6 Å². The van der Waals surface area contributed by atoms with E-state index in [0.29, 0.717) is 5.75 Å². The number of hydrogen-bond donors (Lipinski definition) is 2. The Morgan fingerprint density at radius 3 is 2.65 bits per heavy atom. The zero-order valence-electron chi connectivity index (χ0n) is 10.2. The molecule has 1 amide bonds. The minimum atomic E-state index is -0.504. The molecule has 1 rings (SSSR count). The van der Waals surface area contributed by atoms with E-state index in [0.717, 1.165) is 0 Å². The Morgan fingerprint density at radius 2 is 2.12 bits per heavy atom. The maximum absolute atomic E-state index is 13.4. The normalized spacial score (nSPS) is 13.9. The number of carbonyl (C=O) groups is 1. The number of halogens is 1. The maximum atomic E-state index is 13.4. The zero-order chi connectivity index (χ0) is 13.0. The highest BCUT2D eigenvalue weighted by Gasteiger charge is 2.18. The summed E-state index contributed by atoms with van der Waals surface area (Å²) in [5, 5.41) is 2.49. The predicted molar refractivity (Wildman–Crippen MR) is 64.4 cm³/mol. The van der Waals surface area contributed by atoms with Gasteiger partial charge in [-0.2, -0.15) is 0 Å². The molecule has 4 nitrogen and oxygen atoms in total. The molecule has 0 aromatic heterocycles. The summed E-state index contributed by atoms with van der Waals surface area (Å²) in [5.41, 5.74) is 5.70. The van der Waals surface area contributed by atoms with Crippen molar-refractivity contribution in [3.63, 3.8) is 0 Å². The first-order valence-corrected chi connectivity index (χ1v) is 5.35. The molecule has 3 N–H and O–H groups in total. The molecule has 94 valence electrons. The quantitative estimate of drug-likeness (QED) is 0.842. The lowest BCUT2D eigenvalue weighted by atomic mass is 10.0. The summed E-state index contributed by atoms with van der Waals surface area (Å²) in [5.74, 6) is -0.723. The van der Waals surface area contributed by atoms with E-state index in [9.17, 15) is 9.18 Å². The van der Waals surface area contributed by atoms with Gasteiger partial charge in [0.05, 0.1) is 18.7 Å². The molecule has 1 aromatic carbocycles. The lowest BCUT2D eigenvalue weighted by Crippen LogP contribution is -2.34. The summed E-state index contributed by atoms with van der Waals surface area (Å²) in [6.45, 7) is 3.42. The highest BCUT2D eigenvalue weighted by molar-refractivity contribution is 5.93. The molecule has 2 unspecified atom stereocenters. The van der Waals surface area contributed by atoms with Crippen molar-refractivity contribution in [1.29, 1.82) is 0 Å². The van der Waals surface area contributed by atoms with Crippen molar-refractivity contribution in [2.45, 2.75) is 19.9 Å². The van der Waals surface area contributed by atoms with Crippen LogP contribution in [0.25, 0.3) is 0 Å². The van der Waals surface area contributed by atoms with E-state index in [1.54, 1.807) is 13.8 Å². The third kappa shape index (κ3) is 3.42. The van der Waals surface area contributed by atoms with Crippen LogP contribution in [0.4, 0.5) is 10.1 Å². The minimum Gasteiger partial charge on any atom is -0.497 e. The molecule has 17 heavy (non-hydrogen) atoms. The van der Waals surface area contributed by atoms with Gasteiger partial charge < -0.3 is 15.8 Å². The summed E-state index contributed by atoms with van der Waals surface area (Å²) in [6.07, 6.45) is 0. The summed E-state index contributed by atoms with van der Waals surface area (Å²) >= 11 is 0. The fourth-order valence-corrected chi connectivity index (χ4v) is 1.21. The smallest absolute Gasteiger partial charge is 0.228 e. The van der Waals surface area contributed by atoms with Gasteiger partial charge in [-0.15, -0.1) is 0 Å². The Bertz CT molecular complexity index is 407. The van der Waals surface area contributed by atoms with E-state index >= 15 is 0 Å². The van der Waals surface area contributed by atoms with Crippen molar-refractivity contribution >= 4 is 11.6 Å². The number of rotatable bonds is 4. The van der Waals surface area contributed by atoms with Crippen LogP contribution in [0.5, 0.6) is 5.75 Å². The van der Waals surface area contributed by atoms with Gasteiger partial charge in [-0.1, -0.05) is 6.92 Å². The Labute approximate surface area is 100.0 Å². The summed E-state index contributed by atoms with van der Waals surface area (Å²) in [6, 6.07) is 3.87. The Balaban J connectivity index is 2.84. The number of nitrogens with one attached hydrogen (secondary N) is 1. The summed E-state index contributed by atoms with van der Waals surface area (Å²) < 4.78 is 18.4. The molecule has 1 aromatic rings. The largest absolute Gasteiger partial charge is 0.497 e. The molecular formula is C12H17FN2O2. The lowest BCUT2D eigenvalue weighted by molar-refractivity contribution is -0.119. The molecule has 0 aliphatic heterocycles. The maximum Gasteiger partial charge on any atom is 0.228 e. The monoisotopic (exact) mass is 240 g/mol. The number of ether oxygens (including phenoxy) is 1.